The average Bonchev–Trinajstić information content (AvgIpc) is 2.92. The molecule has 1 amide bonds. The van der Waals surface area contributed by atoms with Gasteiger partial charge in [0.05, 0.1) is 6.04 Å². The van der Waals surface area contributed by atoms with Gasteiger partial charge in [-0.25, -0.2) is 4.98 Å². The van der Waals surface area contributed by atoms with Crippen LogP contribution in [-0.2, 0) is 0 Å². The van der Waals surface area contributed by atoms with Gasteiger partial charge >= 0.3 is 0 Å². The van der Waals surface area contributed by atoms with E-state index in [0.717, 1.165) is 5.56 Å². The largest absolute Gasteiger partial charge is 0.341 e. The highest BCUT2D eigenvalue weighted by Crippen LogP contribution is 2.13. The first-order valence-corrected chi connectivity index (χ1v) is 6.02. The minimum absolute atomic E-state index is 0.0891. The van der Waals surface area contributed by atoms with E-state index in [1.54, 1.807) is 0 Å². The Labute approximate surface area is 111 Å². The van der Waals surface area contributed by atoms with Crippen LogP contribution in [0.2, 0.25) is 0 Å². The highest BCUT2D eigenvalue weighted by molar-refractivity contribution is 5.90. The first kappa shape index (κ1) is 13.2. The van der Waals surface area contributed by atoms with Crippen LogP contribution in [0.15, 0.2) is 36.7 Å². The lowest BCUT2D eigenvalue weighted by Crippen LogP contribution is -2.35. The van der Waals surface area contributed by atoms with Gasteiger partial charge < -0.3 is 10.2 Å². The third kappa shape index (κ3) is 3.62. The normalized spacial score (nSPS) is 12.4. The topological polar surface area (TPSA) is 73.9 Å². The molecule has 0 bridgehead atoms. The molecule has 0 spiro atoms. The number of nitrogens with one attached hydrogen (secondary N) is 2. The van der Waals surface area contributed by atoms with E-state index in [0.29, 0.717) is 6.54 Å². The second-order valence-corrected chi connectivity index (χ2v) is 4.53. The number of nitrogens with zero attached hydrogens (tertiary/aromatic N) is 3. The van der Waals surface area contributed by atoms with Crippen molar-refractivity contribution in [2.75, 3.05) is 20.6 Å². The van der Waals surface area contributed by atoms with Crippen LogP contribution in [0.1, 0.15) is 22.2 Å². The van der Waals surface area contributed by atoms with Crippen molar-refractivity contribution in [2.24, 2.45) is 0 Å². The molecule has 1 aromatic carbocycles. The van der Waals surface area contributed by atoms with Crippen LogP contribution in [0, 0.1) is 0 Å². The van der Waals surface area contributed by atoms with Gasteiger partial charge in [0, 0.05) is 6.54 Å². The molecular formula is C13H17N5O. The smallest absolute Gasteiger partial charge is 0.289 e. The Kier molecular flexibility index (Phi) is 4.25. The van der Waals surface area contributed by atoms with Crippen molar-refractivity contribution in [1.82, 2.24) is 25.4 Å². The molecule has 2 aromatic rings. The maximum absolute atomic E-state index is 12.0. The van der Waals surface area contributed by atoms with Gasteiger partial charge in [-0.05, 0) is 19.7 Å². The molecule has 2 rings (SSSR count). The summed E-state index contributed by atoms with van der Waals surface area (Å²) in [4.78, 5) is 17.9. The molecule has 0 saturated heterocycles. The number of amides is 1. The fraction of sp³-hybridized carbons (Fsp3) is 0.308. The molecule has 0 aliphatic rings. The summed E-state index contributed by atoms with van der Waals surface area (Å²) in [6.45, 7) is 0.712. The Morgan fingerprint density at radius 2 is 2.11 bits per heavy atom. The quantitative estimate of drug-likeness (QED) is 0.834. The van der Waals surface area contributed by atoms with Crippen molar-refractivity contribution < 1.29 is 4.79 Å². The van der Waals surface area contributed by atoms with Crippen molar-refractivity contribution in [3.8, 4) is 0 Å². The maximum Gasteiger partial charge on any atom is 0.289 e. The van der Waals surface area contributed by atoms with E-state index < -0.39 is 0 Å². The summed E-state index contributed by atoms with van der Waals surface area (Å²) in [6, 6.07) is 9.77. The van der Waals surface area contributed by atoms with E-state index in [1.807, 2.05) is 49.3 Å². The van der Waals surface area contributed by atoms with E-state index in [9.17, 15) is 4.79 Å². The Morgan fingerprint density at radius 1 is 1.37 bits per heavy atom. The van der Waals surface area contributed by atoms with E-state index in [2.05, 4.69) is 20.5 Å². The molecule has 1 heterocycles. The minimum Gasteiger partial charge on any atom is -0.341 e. The summed E-state index contributed by atoms with van der Waals surface area (Å²) >= 11 is 0. The van der Waals surface area contributed by atoms with E-state index in [-0.39, 0.29) is 17.8 Å². The summed E-state index contributed by atoms with van der Waals surface area (Å²) in [5.74, 6) is -0.0344. The highest BCUT2D eigenvalue weighted by atomic mass is 16.2. The van der Waals surface area contributed by atoms with Gasteiger partial charge in [0.1, 0.15) is 6.33 Å². The summed E-state index contributed by atoms with van der Waals surface area (Å²) in [5.41, 5.74) is 1.06. The van der Waals surface area contributed by atoms with Gasteiger partial charge in [-0.1, -0.05) is 30.3 Å². The third-order valence-electron chi connectivity index (χ3n) is 2.69. The zero-order chi connectivity index (χ0) is 13.7. The molecule has 0 radical (unpaired) electrons. The van der Waals surface area contributed by atoms with Gasteiger partial charge in [-0.2, -0.15) is 5.10 Å². The van der Waals surface area contributed by atoms with Gasteiger partial charge in [0.25, 0.3) is 5.91 Å². The van der Waals surface area contributed by atoms with E-state index in [4.69, 9.17) is 0 Å². The summed E-state index contributed by atoms with van der Waals surface area (Å²) < 4.78 is 0. The van der Waals surface area contributed by atoms with Gasteiger partial charge in [-0.3, -0.25) is 9.89 Å². The van der Waals surface area contributed by atoms with E-state index >= 15 is 0 Å². The molecule has 0 saturated carbocycles. The lowest BCUT2D eigenvalue weighted by molar-refractivity contribution is 0.0920. The van der Waals surface area contributed by atoms with Crippen LogP contribution in [0.3, 0.4) is 0 Å². The molecular weight excluding hydrogens is 242 g/mol. The van der Waals surface area contributed by atoms with Crippen molar-refractivity contribution in [3.63, 3.8) is 0 Å². The number of rotatable bonds is 5. The average molecular weight is 259 g/mol. The molecule has 1 aromatic heterocycles. The summed E-state index contributed by atoms with van der Waals surface area (Å²) in [5, 5.41) is 9.19. The minimum atomic E-state index is -0.256. The molecule has 6 nitrogen and oxygen atoms in total. The van der Waals surface area contributed by atoms with Gasteiger partial charge in [-0.15, -0.1) is 0 Å². The maximum atomic E-state index is 12.0. The van der Waals surface area contributed by atoms with Crippen molar-refractivity contribution in [2.45, 2.75) is 6.04 Å². The number of benzene rings is 1. The predicted molar refractivity (Wildman–Crippen MR) is 71.6 cm³/mol. The van der Waals surface area contributed by atoms with Crippen LogP contribution in [0.5, 0.6) is 0 Å². The molecule has 100 valence electrons. The summed E-state index contributed by atoms with van der Waals surface area (Å²) in [7, 11) is 3.94. The molecule has 0 aliphatic heterocycles. The van der Waals surface area contributed by atoms with Crippen LogP contribution < -0.4 is 5.32 Å². The number of H-pyrrole nitrogens is 1. The lowest BCUT2D eigenvalue weighted by Gasteiger charge is -2.22. The third-order valence-corrected chi connectivity index (χ3v) is 2.69. The first-order chi connectivity index (χ1) is 9.16. The van der Waals surface area contributed by atoms with Gasteiger partial charge in [0.15, 0.2) is 0 Å². The lowest BCUT2D eigenvalue weighted by atomic mass is 10.1. The molecule has 1 unspecified atom stereocenters. The Morgan fingerprint density at radius 3 is 2.68 bits per heavy atom. The fourth-order valence-electron chi connectivity index (χ4n) is 1.83. The standard InChI is InChI=1S/C13H17N5O/c1-18(2)8-11(10-6-4-3-5-7-10)16-13(19)12-14-9-15-17-12/h3-7,9,11H,8H2,1-2H3,(H,16,19)(H,14,15,17). The SMILES string of the molecule is CN(C)CC(NC(=O)c1ncn[nH]1)c1ccccc1. The number of likely N-dealkylation sites (N-methyl/N-ethyl adjacent to an activating group) is 1. The molecule has 6 heteroatoms. The number of aromatic nitrogens is 3. The Bertz CT molecular complexity index is 509. The molecule has 0 aliphatic carbocycles. The Balaban J connectivity index is 2.13. The fourth-order valence-corrected chi connectivity index (χ4v) is 1.83. The van der Waals surface area contributed by atoms with Crippen LogP contribution in [-0.4, -0.2) is 46.6 Å². The molecule has 1 atom stereocenters. The Hall–Kier alpha value is -2.21. The zero-order valence-corrected chi connectivity index (χ0v) is 11.0. The molecule has 19 heavy (non-hydrogen) atoms. The van der Waals surface area contributed by atoms with Crippen molar-refractivity contribution in [3.05, 3.63) is 48.0 Å². The van der Waals surface area contributed by atoms with Crippen LogP contribution in [0.4, 0.5) is 0 Å². The zero-order valence-electron chi connectivity index (χ0n) is 11.0. The monoisotopic (exact) mass is 259 g/mol. The second-order valence-electron chi connectivity index (χ2n) is 4.53. The molecule has 2 N–H and O–H groups in total. The highest BCUT2D eigenvalue weighted by Gasteiger charge is 2.17. The first-order valence-electron chi connectivity index (χ1n) is 6.02. The summed E-state index contributed by atoms with van der Waals surface area (Å²) in [6.07, 6.45) is 1.32. The predicted octanol–water partition coefficient (Wildman–Crippen LogP) is 0.837. The van der Waals surface area contributed by atoms with Gasteiger partial charge in [0.2, 0.25) is 5.82 Å². The van der Waals surface area contributed by atoms with Crippen molar-refractivity contribution >= 4 is 5.91 Å². The number of carbonyl (C=O) groups excluding carboxylic acids is 1. The number of carbonyl (C=O) groups is 1. The van der Waals surface area contributed by atoms with Crippen molar-refractivity contribution in [1.29, 1.82) is 0 Å². The number of hydrogen-bond acceptors (Lipinski definition) is 4. The molecule has 0 fully saturated rings. The second kappa shape index (κ2) is 6.10. The number of aromatic amines is 1. The van der Waals surface area contributed by atoms with Crippen LogP contribution >= 0.6 is 0 Å². The van der Waals surface area contributed by atoms with Crippen LogP contribution in [0.25, 0.3) is 0 Å². The number of hydrogen-bond donors (Lipinski definition) is 2. The van der Waals surface area contributed by atoms with E-state index in [1.165, 1.54) is 6.33 Å².